The summed E-state index contributed by atoms with van der Waals surface area (Å²) in [5, 5.41) is 2.91. The summed E-state index contributed by atoms with van der Waals surface area (Å²) in [6, 6.07) is 17.9. The van der Waals surface area contributed by atoms with E-state index in [9.17, 15) is 9.59 Å². The molecule has 0 saturated carbocycles. The van der Waals surface area contributed by atoms with Gasteiger partial charge in [-0.15, -0.1) is 0 Å². The first-order chi connectivity index (χ1) is 16.9. The van der Waals surface area contributed by atoms with Crippen molar-refractivity contribution in [3.05, 3.63) is 77.4 Å². The Labute approximate surface area is 204 Å². The van der Waals surface area contributed by atoms with Gasteiger partial charge in [0.15, 0.2) is 6.10 Å². The van der Waals surface area contributed by atoms with Gasteiger partial charge < -0.3 is 29.2 Å². The van der Waals surface area contributed by atoms with E-state index in [1.54, 1.807) is 49.3 Å². The van der Waals surface area contributed by atoms with Gasteiger partial charge in [0.1, 0.15) is 23.0 Å². The number of rotatable bonds is 7. The van der Waals surface area contributed by atoms with Crippen molar-refractivity contribution in [3.8, 4) is 23.0 Å². The fourth-order valence-corrected chi connectivity index (χ4v) is 3.94. The molecule has 1 atom stereocenters. The maximum atomic E-state index is 13.0. The smallest absolute Gasteiger partial charge is 0.263 e. The number of nitrogens with zero attached hydrogens (tertiary/aromatic N) is 1. The number of hydrogen-bond donors (Lipinski definition) is 1. The topological polar surface area (TPSA) is 86.3 Å². The molecule has 0 aromatic heterocycles. The summed E-state index contributed by atoms with van der Waals surface area (Å²) < 4.78 is 21.8. The van der Waals surface area contributed by atoms with E-state index in [0.29, 0.717) is 41.6 Å². The summed E-state index contributed by atoms with van der Waals surface area (Å²) >= 11 is 0. The van der Waals surface area contributed by atoms with Crippen LogP contribution in [-0.2, 0) is 17.9 Å². The summed E-state index contributed by atoms with van der Waals surface area (Å²) in [5.74, 6) is 1.96. The number of carbonyl (C=O) groups is 2. The number of fused-ring (bicyclic) bond motifs is 1. The van der Waals surface area contributed by atoms with E-state index >= 15 is 0 Å². The Hall–Kier alpha value is -4.20. The summed E-state index contributed by atoms with van der Waals surface area (Å²) in [7, 11) is 4.67. The van der Waals surface area contributed by atoms with Crippen LogP contribution >= 0.6 is 0 Å². The lowest BCUT2D eigenvalue weighted by molar-refractivity contribution is -0.138. The summed E-state index contributed by atoms with van der Waals surface area (Å²) in [5.41, 5.74) is 2.73. The number of hydrogen-bond acceptors (Lipinski definition) is 6. The summed E-state index contributed by atoms with van der Waals surface area (Å²) in [6.07, 6.45) is -0.633. The van der Waals surface area contributed by atoms with Gasteiger partial charge in [-0.25, -0.2) is 0 Å². The minimum Gasteiger partial charge on any atom is -0.497 e. The summed E-state index contributed by atoms with van der Waals surface area (Å²) in [4.78, 5) is 27.7. The highest BCUT2D eigenvalue weighted by Crippen LogP contribution is 2.30. The third-order valence-corrected chi connectivity index (χ3v) is 5.76. The predicted molar refractivity (Wildman–Crippen MR) is 131 cm³/mol. The fraction of sp³-hybridized carbons (Fsp3) is 0.259. The van der Waals surface area contributed by atoms with Crippen LogP contribution in [0.1, 0.15) is 28.4 Å². The average molecular weight is 477 g/mol. The van der Waals surface area contributed by atoms with Gasteiger partial charge in [-0.05, 0) is 55.0 Å². The Morgan fingerprint density at radius 3 is 2.37 bits per heavy atom. The Morgan fingerprint density at radius 2 is 1.69 bits per heavy atom. The van der Waals surface area contributed by atoms with Gasteiger partial charge >= 0.3 is 0 Å². The third kappa shape index (κ3) is 5.48. The zero-order valence-corrected chi connectivity index (χ0v) is 20.2. The van der Waals surface area contributed by atoms with Crippen molar-refractivity contribution in [2.45, 2.75) is 26.1 Å². The van der Waals surface area contributed by atoms with Gasteiger partial charge in [0.25, 0.3) is 11.8 Å². The van der Waals surface area contributed by atoms with E-state index in [2.05, 4.69) is 5.32 Å². The first-order valence-electron chi connectivity index (χ1n) is 11.2. The standard InChI is InChI=1S/C27H28N2O6/c1-17-27(31)29(15-18-6-5-7-22(10-18)32-2)16-20-11-21(8-9-25(20)35-17)28-26(30)19-12-23(33-3)14-24(13-19)34-4/h5-14,17H,15-16H2,1-4H3,(H,28,30)/t17-/m1/s1. The quantitative estimate of drug-likeness (QED) is 0.548. The van der Waals surface area contributed by atoms with Crippen molar-refractivity contribution in [1.29, 1.82) is 0 Å². The van der Waals surface area contributed by atoms with E-state index in [4.69, 9.17) is 18.9 Å². The van der Waals surface area contributed by atoms with E-state index < -0.39 is 6.10 Å². The molecular weight excluding hydrogens is 448 g/mol. The highest BCUT2D eigenvalue weighted by molar-refractivity contribution is 6.05. The number of benzene rings is 3. The largest absolute Gasteiger partial charge is 0.497 e. The molecule has 0 spiro atoms. The van der Waals surface area contributed by atoms with Crippen LogP contribution in [-0.4, -0.2) is 44.1 Å². The molecule has 0 bridgehead atoms. The van der Waals surface area contributed by atoms with Crippen LogP contribution in [0.4, 0.5) is 5.69 Å². The number of methoxy groups -OCH3 is 3. The van der Waals surface area contributed by atoms with Crippen molar-refractivity contribution < 1.29 is 28.5 Å². The Balaban J connectivity index is 1.57. The van der Waals surface area contributed by atoms with Crippen LogP contribution in [0.3, 0.4) is 0 Å². The predicted octanol–water partition coefficient (Wildman–Crippen LogP) is 4.27. The molecule has 0 radical (unpaired) electrons. The molecular formula is C27H28N2O6. The maximum Gasteiger partial charge on any atom is 0.263 e. The normalized spacial score (nSPS) is 14.9. The van der Waals surface area contributed by atoms with Crippen LogP contribution in [0.5, 0.6) is 23.0 Å². The van der Waals surface area contributed by atoms with E-state index in [0.717, 1.165) is 16.9 Å². The third-order valence-electron chi connectivity index (χ3n) is 5.76. The zero-order valence-electron chi connectivity index (χ0n) is 20.2. The Kier molecular flexibility index (Phi) is 7.10. The highest BCUT2D eigenvalue weighted by atomic mass is 16.5. The molecule has 1 aliphatic heterocycles. The monoisotopic (exact) mass is 476 g/mol. The molecule has 0 unspecified atom stereocenters. The van der Waals surface area contributed by atoms with Crippen molar-refractivity contribution in [1.82, 2.24) is 4.90 Å². The van der Waals surface area contributed by atoms with Gasteiger partial charge in [-0.1, -0.05) is 12.1 Å². The van der Waals surface area contributed by atoms with Gasteiger partial charge in [0.2, 0.25) is 0 Å². The lowest BCUT2D eigenvalue weighted by Crippen LogP contribution is -2.37. The van der Waals surface area contributed by atoms with Crippen LogP contribution in [0.25, 0.3) is 0 Å². The molecule has 3 aromatic rings. The van der Waals surface area contributed by atoms with E-state index in [-0.39, 0.29) is 11.8 Å². The number of carbonyl (C=O) groups excluding carboxylic acids is 2. The number of ether oxygens (including phenoxy) is 4. The van der Waals surface area contributed by atoms with Crippen molar-refractivity contribution in [2.24, 2.45) is 0 Å². The molecule has 1 heterocycles. The molecule has 8 heteroatoms. The molecule has 182 valence electrons. The van der Waals surface area contributed by atoms with Gasteiger partial charge in [0.05, 0.1) is 21.3 Å². The van der Waals surface area contributed by atoms with Gasteiger partial charge in [-0.2, -0.15) is 0 Å². The fourth-order valence-electron chi connectivity index (χ4n) is 3.94. The van der Waals surface area contributed by atoms with Gasteiger partial charge in [-0.3, -0.25) is 9.59 Å². The second-order valence-corrected chi connectivity index (χ2v) is 8.18. The molecule has 4 rings (SSSR count). The minimum atomic E-state index is -0.633. The number of nitrogens with one attached hydrogen (secondary N) is 1. The molecule has 1 aliphatic rings. The average Bonchev–Trinajstić information content (AvgIpc) is 2.99. The highest BCUT2D eigenvalue weighted by Gasteiger charge is 2.28. The lowest BCUT2D eigenvalue weighted by atomic mass is 10.1. The summed E-state index contributed by atoms with van der Waals surface area (Å²) in [6.45, 7) is 2.48. The molecule has 0 fully saturated rings. The van der Waals surface area contributed by atoms with E-state index in [1.807, 2.05) is 30.3 Å². The number of amides is 2. The molecule has 0 saturated heterocycles. The first kappa shape index (κ1) is 23.9. The zero-order chi connectivity index (χ0) is 24.9. The maximum absolute atomic E-state index is 13.0. The Morgan fingerprint density at radius 1 is 0.971 bits per heavy atom. The van der Waals surface area contributed by atoms with Crippen LogP contribution in [0, 0.1) is 0 Å². The Bertz CT molecular complexity index is 1220. The van der Waals surface area contributed by atoms with E-state index in [1.165, 1.54) is 14.2 Å². The minimum absolute atomic E-state index is 0.113. The number of anilines is 1. The molecule has 3 aromatic carbocycles. The van der Waals surface area contributed by atoms with Crippen LogP contribution < -0.4 is 24.3 Å². The van der Waals surface area contributed by atoms with Crippen molar-refractivity contribution >= 4 is 17.5 Å². The molecule has 8 nitrogen and oxygen atoms in total. The molecule has 0 aliphatic carbocycles. The first-order valence-corrected chi connectivity index (χ1v) is 11.2. The molecule has 2 amide bonds. The van der Waals surface area contributed by atoms with Crippen molar-refractivity contribution in [3.63, 3.8) is 0 Å². The second-order valence-electron chi connectivity index (χ2n) is 8.18. The second kappa shape index (κ2) is 10.4. The molecule has 35 heavy (non-hydrogen) atoms. The lowest BCUT2D eigenvalue weighted by Gasteiger charge is -2.22. The van der Waals surface area contributed by atoms with Gasteiger partial charge in [0, 0.05) is 36.0 Å². The SMILES string of the molecule is COc1cccc(CN2Cc3cc(NC(=O)c4cc(OC)cc(OC)c4)ccc3O[C@H](C)C2=O)c1. The van der Waals surface area contributed by atoms with Crippen LogP contribution in [0.2, 0.25) is 0 Å². The van der Waals surface area contributed by atoms with Crippen molar-refractivity contribution in [2.75, 3.05) is 26.6 Å². The van der Waals surface area contributed by atoms with Crippen LogP contribution in [0.15, 0.2) is 60.7 Å². The molecule has 1 N–H and O–H groups in total.